The number of carbonyl (C=O) groups is 3. The maximum Gasteiger partial charge on any atom is 0.339 e. The lowest BCUT2D eigenvalue weighted by atomic mass is 10.2. The summed E-state index contributed by atoms with van der Waals surface area (Å²) in [7, 11) is 0. The van der Waals surface area contributed by atoms with Crippen molar-refractivity contribution in [1.82, 2.24) is 5.06 Å². The van der Waals surface area contributed by atoms with E-state index >= 15 is 0 Å². The van der Waals surface area contributed by atoms with Gasteiger partial charge in [0.2, 0.25) is 0 Å². The predicted molar refractivity (Wildman–Crippen MR) is 38.4 cm³/mol. The second-order valence-corrected chi connectivity index (χ2v) is 2.29. The number of primary amides is 1. The first-order valence-electron chi connectivity index (χ1n) is 3.21. The van der Waals surface area contributed by atoms with Gasteiger partial charge in [-0.05, 0) is 6.92 Å². The summed E-state index contributed by atoms with van der Waals surface area (Å²) in [5, 5.41) is 8.85. The molecule has 2 amide bonds. The molecule has 0 aliphatic heterocycles. The minimum atomic E-state index is -1.18. The number of nitrogens with two attached hydrogens (primary N) is 1. The van der Waals surface area contributed by atoms with Crippen LogP contribution in [-0.4, -0.2) is 34.4 Å². The van der Waals surface area contributed by atoms with Crippen molar-refractivity contribution in [3.05, 3.63) is 0 Å². The number of ketones is 1. The molecular weight excluding hydrogens is 164 g/mol. The largest absolute Gasteiger partial charge is 0.350 e. The van der Waals surface area contributed by atoms with Gasteiger partial charge in [0.05, 0.1) is 0 Å². The molecule has 0 fully saturated rings. The van der Waals surface area contributed by atoms with Gasteiger partial charge in [-0.15, -0.1) is 0 Å². The highest BCUT2D eigenvalue weighted by Gasteiger charge is 2.20. The molecule has 68 valence electrons. The Bertz CT molecular complexity index is 204. The van der Waals surface area contributed by atoms with Gasteiger partial charge in [-0.1, -0.05) is 0 Å². The zero-order valence-corrected chi connectivity index (χ0v) is 6.56. The molecule has 0 aliphatic carbocycles. The minimum Gasteiger partial charge on any atom is -0.350 e. The van der Waals surface area contributed by atoms with Crippen LogP contribution in [0.5, 0.6) is 0 Å². The SMILES string of the molecule is CC(=O)CC(C=O)N(O)C(N)=O. The van der Waals surface area contributed by atoms with Gasteiger partial charge in [-0.25, -0.2) is 4.79 Å². The molecule has 6 heteroatoms. The quantitative estimate of drug-likeness (QED) is 0.334. The van der Waals surface area contributed by atoms with Crippen molar-refractivity contribution in [2.24, 2.45) is 5.73 Å². The molecule has 0 radical (unpaired) electrons. The van der Waals surface area contributed by atoms with E-state index in [0.29, 0.717) is 0 Å². The first-order valence-corrected chi connectivity index (χ1v) is 3.21. The van der Waals surface area contributed by atoms with Gasteiger partial charge < -0.3 is 10.5 Å². The van der Waals surface area contributed by atoms with E-state index in [-0.39, 0.29) is 23.6 Å². The van der Waals surface area contributed by atoms with Crippen molar-refractivity contribution < 1.29 is 19.6 Å². The Hall–Kier alpha value is -1.43. The molecule has 12 heavy (non-hydrogen) atoms. The summed E-state index contributed by atoms with van der Waals surface area (Å²) >= 11 is 0. The Morgan fingerprint density at radius 2 is 2.17 bits per heavy atom. The van der Waals surface area contributed by atoms with Crippen LogP contribution in [0.15, 0.2) is 0 Å². The minimum absolute atomic E-state index is 0.0361. The fourth-order valence-electron chi connectivity index (χ4n) is 0.650. The highest BCUT2D eigenvalue weighted by molar-refractivity contribution is 5.82. The molecule has 0 aromatic rings. The monoisotopic (exact) mass is 174 g/mol. The van der Waals surface area contributed by atoms with Gasteiger partial charge in [0.1, 0.15) is 18.1 Å². The van der Waals surface area contributed by atoms with Crippen LogP contribution in [0, 0.1) is 0 Å². The molecule has 0 saturated heterocycles. The van der Waals surface area contributed by atoms with Crippen LogP contribution in [0.4, 0.5) is 4.79 Å². The van der Waals surface area contributed by atoms with Crippen molar-refractivity contribution in [3.8, 4) is 0 Å². The fraction of sp³-hybridized carbons (Fsp3) is 0.500. The zero-order valence-electron chi connectivity index (χ0n) is 6.56. The summed E-state index contributed by atoms with van der Waals surface area (Å²) in [5.74, 6) is -0.313. The maximum atomic E-state index is 10.5. The third-order valence-corrected chi connectivity index (χ3v) is 1.19. The first-order chi connectivity index (χ1) is 5.49. The Morgan fingerprint density at radius 1 is 1.67 bits per heavy atom. The molecule has 0 heterocycles. The number of amides is 2. The number of hydrogen-bond donors (Lipinski definition) is 2. The Morgan fingerprint density at radius 3 is 2.42 bits per heavy atom. The summed E-state index contributed by atoms with van der Waals surface area (Å²) in [6.45, 7) is 1.24. The second kappa shape index (κ2) is 4.45. The van der Waals surface area contributed by atoms with Crippen LogP contribution >= 0.6 is 0 Å². The van der Waals surface area contributed by atoms with Crippen LogP contribution in [0.1, 0.15) is 13.3 Å². The van der Waals surface area contributed by atoms with E-state index in [0.717, 1.165) is 0 Å². The lowest BCUT2D eigenvalue weighted by Gasteiger charge is -2.17. The average Bonchev–Trinajstić information content (AvgIpc) is 1.98. The zero-order chi connectivity index (χ0) is 9.72. The lowest BCUT2D eigenvalue weighted by Crippen LogP contribution is -2.42. The highest BCUT2D eigenvalue weighted by Crippen LogP contribution is 1.98. The number of hydrogen-bond acceptors (Lipinski definition) is 4. The average molecular weight is 174 g/mol. The summed E-state index contributed by atoms with van der Waals surface area (Å²) in [4.78, 5) is 31.0. The van der Waals surface area contributed by atoms with Crippen molar-refractivity contribution in [3.63, 3.8) is 0 Å². The molecule has 0 bridgehead atoms. The summed E-state index contributed by atoms with van der Waals surface area (Å²) in [6.07, 6.45) is 0.0507. The molecule has 0 rings (SSSR count). The lowest BCUT2D eigenvalue weighted by molar-refractivity contribution is -0.133. The summed E-state index contributed by atoms with van der Waals surface area (Å²) in [5.41, 5.74) is 4.65. The number of aldehydes is 1. The molecule has 0 aliphatic rings. The number of urea groups is 1. The van der Waals surface area contributed by atoms with Crippen LogP contribution in [0.3, 0.4) is 0 Å². The third-order valence-electron chi connectivity index (χ3n) is 1.19. The van der Waals surface area contributed by atoms with E-state index in [2.05, 4.69) is 5.73 Å². The van der Waals surface area contributed by atoms with Gasteiger partial charge in [-0.2, -0.15) is 5.06 Å². The molecule has 1 atom stereocenters. The van der Waals surface area contributed by atoms with E-state index in [1.165, 1.54) is 6.92 Å². The van der Waals surface area contributed by atoms with Crippen LogP contribution in [0.25, 0.3) is 0 Å². The number of rotatable bonds is 4. The maximum absolute atomic E-state index is 10.5. The van der Waals surface area contributed by atoms with Gasteiger partial charge >= 0.3 is 6.03 Å². The topological polar surface area (TPSA) is 101 Å². The molecule has 0 saturated carbocycles. The fourth-order valence-corrected chi connectivity index (χ4v) is 0.650. The first kappa shape index (κ1) is 10.6. The Kier molecular flexibility index (Phi) is 3.92. The van der Waals surface area contributed by atoms with E-state index in [4.69, 9.17) is 5.21 Å². The predicted octanol–water partition coefficient (Wildman–Crippen LogP) is -0.697. The van der Waals surface area contributed by atoms with Gasteiger partial charge in [-0.3, -0.25) is 10.0 Å². The summed E-state index contributed by atoms with van der Waals surface area (Å²) < 4.78 is 0. The summed E-state index contributed by atoms with van der Waals surface area (Å²) in [6, 6.07) is -2.34. The van der Waals surface area contributed by atoms with E-state index in [9.17, 15) is 14.4 Å². The van der Waals surface area contributed by atoms with Crippen LogP contribution in [0.2, 0.25) is 0 Å². The molecular formula is C6H10N2O4. The van der Waals surface area contributed by atoms with Crippen LogP contribution in [-0.2, 0) is 9.59 Å². The number of hydroxylamine groups is 2. The van der Waals surface area contributed by atoms with Crippen molar-refractivity contribution >= 4 is 18.1 Å². The molecule has 0 spiro atoms. The van der Waals surface area contributed by atoms with Crippen LogP contribution < -0.4 is 5.73 Å². The molecule has 3 N–H and O–H groups in total. The smallest absolute Gasteiger partial charge is 0.339 e. The standard InChI is InChI=1S/C6H10N2O4/c1-4(10)2-5(3-9)8(12)6(7)11/h3,5,12H,2H2,1H3,(H2,7,11). The number of Topliss-reactive ketones (excluding diaryl/α,β-unsaturated/α-hetero) is 1. The highest BCUT2D eigenvalue weighted by atomic mass is 16.5. The Balaban J connectivity index is 4.23. The molecule has 0 aromatic heterocycles. The van der Waals surface area contributed by atoms with Gasteiger partial charge in [0.25, 0.3) is 0 Å². The molecule has 1 unspecified atom stereocenters. The third kappa shape index (κ3) is 3.11. The van der Waals surface area contributed by atoms with Crippen molar-refractivity contribution in [2.45, 2.75) is 19.4 Å². The Labute approximate surface area is 68.9 Å². The van der Waals surface area contributed by atoms with Crippen molar-refractivity contribution in [2.75, 3.05) is 0 Å². The van der Waals surface area contributed by atoms with E-state index < -0.39 is 12.1 Å². The van der Waals surface area contributed by atoms with E-state index in [1.807, 2.05) is 0 Å². The molecule has 6 nitrogen and oxygen atoms in total. The normalized spacial score (nSPS) is 11.8. The number of nitrogens with zero attached hydrogens (tertiary/aromatic N) is 1. The second-order valence-electron chi connectivity index (χ2n) is 2.29. The molecule has 0 aromatic carbocycles. The van der Waals surface area contributed by atoms with Gasteiger partial charge in [0.15, 0.2) is 0 Å². The van der Waals surface area contributed by atoms with E-state index in [1.54, 1.807) is 0 Å². The number of carbonyl (C=O) groups excluding carboxylic acids is 3. The van der Waals surface area contributed by atoms with Gasteiger partial charge in [0, 0.05) is 6.42 Å². The van der Waals surface area contributed by atoms with Crippen molar-refractivity contribution in [1.29, 1.82) is 0 Å².